The Hall–Kier alpha value is -5.66. The van der Waals surface area contributed by atoms with E-state index in [0.29, 0.717) is 12.1 Å². The van der Waals surface area contributed by atoms with E-state index in [1.165, 1.54) is 38.2 Å². The minimum atomic E-state index is 0.504. The molecule has 0 saturated carbocycles. The third-order valence-corrected chi connectivity index (χ3v) is 8.72. The highest BCUT2D eigenvalue weighted by molar-refractivity contribution is 6.22. The van der Waals surface area contributed by atoms with E-state index in [9.17, 15) is 0 Å². The van der Waals surface area contributed by atoms with Crippen molar-refractivity contribution >= 4 is 54.3 Å². The van der Waals surface area contributed by atoms with Crippen LogP contribution in [0.3, 0.4) is 0 Å². The maximum Gasteiger partial charge on any atom is 0.136 e. The number of fused-ring (bicyclic) bond motifs is 6. The molecule has 0 spiro atoms. The summed E-state index contributed by atoms with van der Waals surface area (Å²) in [4.78, 5) is 0. The van der Waals surface area contributed by atoms with Crippen LogP contribution in [-0.4, -0.2) is 0 Å². The van der Waals surface area contributed by atoms with E-state index in [4.69, 9.17) is 7.16 Å². The van der Waals surface area contributed by atoms with Crippen LogP contribution in [0.15, 0.2) is 162 Å². The summed E-state index contributed by atoms with van der Waals surface area (Å²) in [6.45, 7) is 0. The van der Waals surface area contributed by atoms with Gasteiger partial charge in [-0.25, -0.2) is 0 Å². The third-order valence-electron chi connectivity index (χ3n) is 8.72. The molecule has 9 rings (SSSR count). The largest absolute Gasteiger partial charge is 0.456 e. The van der Waals surface area contributed by atoms with Crippen molar-refractivity contribution in [3.63, 3.8) is 0 Å². The maximum absolute atomic E-state index is 8.04. The van der Waals surface area contributed by atoms with Crippen LogP contribution in [0.25, 0.3) is 87.6 Å². The molecule has 0 aliphatic rings. The Balaban J connectivity index is 1.27. The Kier molecular flexibility index (Phi) is 4.83. The van der Waals surface area contributed by atoms with Gasteiger partial charge in [-0.05, 0) is 96.0 Å². The van der Waals surface area contributed by atoms with Crippen molar-refractivity contribution in [1.82, 2.24) is 0 Å². The first-order chi connectivity index (χ1) is 22.1. The van der Waals surface area contributed by atoms with E-state index in [-0.39, 0.29) is 0 Å². The molecule has 0 aliphatic heterocycles. The zero-order chi connectivity index (χ0) is 30.1. The molecule has 9 aromatic rings. The van der Waals surface area contributed by atoms with Gasteiger partial charge < -0.3 is 4.42 Å². The molecular weight excluding hydrogens is 520 g/mol. The van der Waals surface area contributed by atoms with Crippen molar-refractivity contribution in [2.45, 2.75) is 0 Å². The minimum absolute atomic E-state index is 0.504. The summed E-state index contributed by atoms with van der Waals surface area (Å²) >= 11 is 0. The van der Waals surface area contributed by atoms with Crippen LogP contribution in [0.4, 0.5) is 0 Å². The second-order valence-corrected chi connectivity index (χ2v) is 11.1. The van der Waals surface area contributed by atoms with Gasteiger partial charge in [-0.3, -0.25) is 0 Å². The topological polar surface area (TPSA) is 13.1 Å². The van der Waals surface area contributed by atoms with Gasteiger partial charge in [0, 0.05) is 10.8 Å². The molecule has 0 atom stereocenters. The lowest BCUT2D eigenvalue weighted by Gasteiger charge is -2.18. The second kappa shape index (κ2) is 9.44. The van der Waals surface area contributed by atoms with Gasteiger partial charge in [0.15, 0.2) is 0 Å². The minimum Gasteiger partial charge on any atom is -0.456 e. The SMILES string of the molecule is [2H]c1ccc(-c2ccc3c(c2)oc2ccc(-c4c5ccccc5c(-c5ccc6cc([2H])ccc6c5)c5ccccc45)cc23)cc1. The molecule has 0 saturated heterocycles. The predicted octanol–water partition coefficient (Wildman–Crippen LogP) is 12.0. The Morgan fingerprint density at radius 3 is 1.70 bits per heavy atom. The Labute approximate surface area is 252 Å². The van der Waals surface area contributed by atoms with Crippen molar-refractivity contribution in [1.29, 1.82) is 0 Å². The molecule has 0 aliphatic carbocycles. The first-order valence-electron chi connectivity index (χ1n) is 15.6. The average molecular weight is 549 g/mol. The van der Waals surface area contributed by atoms with Crippen LogP contribution < -0.4 is 0 Å². The third kappa shape index (κ3) is 3.79. The molecule has 0 N–H and O–H groups in total. The zero-order valence-corrected chi connectivity index (χ0v) is 23.3. The molecule has 200 valence electrons. The quantitative estimate of drug-likeness (QED) is 0.200. The molecular formula is C42H26O. The van der Waals surface area contributed by atoms with Crippen LogP contribution in [0.1, 0.15) is 2.74 Å². The molecule has 0 unspecified atom stereocenters. The fourth-order valence-corrected chi connectivity index (χ4v) is 6.72. The lowest BCUT2D eigenvalue weighted by Crippen LogP contribution is -1.91. The number of rotatable bonds is 3. The molecule has 1 aromatic heterocycles. The van der Waals surface area contributed by atoms with Crippen LogP contribution in [0.2, 0.25) is 0 Å². The average Bonchev–Trinajstić information content (AvgIpc) is 3.44. The molecule has 43 heavy (non-hydrogen) atoms. The fraction of sp³-hybridized carbons (Fsp3) is 0. The zero-order valence-electron chi connectivity index (χ0n) is 25.3. The summed E-state index contributed by atoms with van der Waals surface area (Å²) in [6, 6.07) is 51.4. The molecule has 8 aromatic carbocycles. The highest BCUT2D eigenvalue weighted by Gasteiger charge is 2.18. The Morgan fingerprint density at radius 1 is 0.349 bits per heavy atom. The van der Waals surface area contributed by atoms with Gasteiger partial charge in [0.25, 0.3) is 0 Å². The summed E-state index contributed by atoms with van der Waals surface area (Å²) in [6.07, 6.45) is 0. The molecule has 1 nitrogen and oxygen atoms in total. The fourth-order valence-electron chi connectivity index (χ4n) is 6.72. The second-order valence-electron chi connectivity index (χ2n) is 11.1. The van der Waals surface area contributed by atoms with Crippen LogP contribution >= 0.6 is 0 Å². The van der Waals surface area contributed by atoms with Crippen molar-refractivity contribution < 1.29 is 7.16 Å². The molecule has 1 heteroatoms. The number of furan rings is 1. The van der Waals surface area contributed by atoms with Gasteiger partial charge in [0.05, 0.1) is 2.74 Å². The standard InChI is InChI=1S/C42H26O/c1-2-10-27(11-3-1)30-20-22-33-38-25-32(21-23-39(38)43-40(33)26-30)42-36-16-8-6-14-34(36)41(35-15-7-9-17-37(35)42)31-19-18-28-12-4-5-13-29(28)24-31/h1-26H/i1D,4D. The van der Waals surface area contributed by atoms with Crippen LogP contribution in [0.5, 0.6) is 0 Å². The first-order valence-corrected chi connectivity index (χ1v) is 14.6. The van der Waals surface area contributed by atoms with Crippen LogP contribution in [-0.2, 0) is 0 Å². The van der Waals surface area contributed by atoms with Gasteiger partial charge >= 0.3 is 0 Å². The smallest absolute Gasteiger partial charge is 0.136 e. The molecule has 1 heterocycles. The van der Waals surface area contributed by atoms with Crippen LogP contribution in [0, 0.1) is 0 Å². The lowest BCUT2D eigenvalue weighted by molar-refractivity contribution is 0.669. The molecule has 0 amide bonds. The monoisotopic (exact) mass is 548 g/mol. The molecule has 0 fully saturated rings. The van der Waals surface area contributed by atoms with Gasteiger partial charge in [0.2, 0.25) is 0 Å². The maximum atomic E-state index is 8.04. The van der Waals surface area contributed by atoms with E-state index in [1.807, 2.05) is 42.5 Å². The van der Waals surface area contributed by atoms with E-state index in [1.54, 1.807) is 0 Å². The van der Waals surface area contributed by atoms with Crippen molar-refractivity contribution in [3.8, 4) is 33.4 Å². The highest BCUT2D eigenvalue weighted by atomic mass is 16.3. The summed E-state index contributed by atoms with van der Waals surface area (Å²) in [5, 5.41) is 9.23. The van der Waals surface area contributed by atoms with E-state index >= 15 is 0 Å². The van der Waals surface area contributed by atoms with Gasteiger partial charge in [-0.1, -0.05) is 127 Å². The van der Waals surface area contributed by atoms with E-state index in [0.717, 1.165) is 49.4 Å². The van der Waals surface area contributed by atoms with Crippen molar-refractivity contribution in [2.24, 2.45) is 0 Å². The lowest BCUT2D eigenvalue weighted by atomic mass is 9.85. The number of hydrogen-bond acceptors (Lipinski definition) is 1. The number of benzene rings is 8. The Bertz CT molecular complexity index is 2550. The van der Waals surface area contributed by atoms with Crippen molar-refractivity contribution in [2.75, 3.05) is 0 Å². The van der Waals surface area contributed by atoms with Gasteiger partial charge in [0.1, 0.15) is 11.2 Å². The summed E-state index contributed by atoms with van der Waals surface area (Å²) < 4.78 is 22.2. The van der Waals surface area contributed by atoms with E-state index < -0.39 is 0 Å². The highest BCUT2D eigenvalue weighted by Crippen LogP contribution is 2.45. The van der Waals surface area contributed by atoms with Gasteiger partial charge in [-0.2, -0.15) is 0 Å². The van der Waals surface area contributed by atoms with E-state index in [2.05, 4.69) is 103 Å². The normalized spacial score (nSPS) is 12.4. The summed E-state index contributed by atoms with van der Waals surface area (Å²) in [5.74, 6) is 0. The number of hydrogen-bond donors (Lipinski definition) is 0. The summed E-state index contributed by atoms with van der Waals surface area (Å²) in [5.41, 5.74) is 8.63. The van der Waals surface area contributed by atoms with Crippen molar-refractivity contribution in [3.05, 3.63) is 158 Å². The molecule has 0 radical (unpaired) electrons. The predicted molar refractivity (Wildman–Crippen MR) is 183 cm³/mol. The van der Waals surface area contributed by atoms with Gasteiger partial charge in [-0.15, -0.1) is 0 Å². The Morgan fingerprint density at radius 2 is 0.977 bits per heavy atom. The first kappa shape index (κ1) is 22.0. The summed E-state index contributed by atoms with van der Waals surface area (Å²) in [7, 11) is 0. The molecule has 0 bridgehead atoms.